The highest BCUT2D eigenvalue weighted by atomic mass is 32.2. The van der Waals surface area contributed by atoms with Crippen LogP contribution in [0.5, 0.6) is 0 Å². The summed E-state index contributed by atoms with van der Waals surface area (Å²) >= 11 is 1.35. The zero-order valence-corrected chi connectivity index (χ0v) is 6.43. The van der Waals surface area contributed by atoms with E-state index in [9.17, 15) is 14.7 Å². The fourth-order valence-electron chi connectivity index (χ4n) is 1.44. The first kappa shape index (κ1) is 7.12. The highest BCUT2D eigenvalue weighted by molar-refractivity contribution is 8.01. The second kappa shape index (κ2) is 2.22. The van der Waals surface area contributed by atoms with Gasteiger partial charge in [0.05, 0.1) is 17.3 Å². The molecular weight excluding hydrogens is 166 g/mol. The summed E-state index contributed by atoms with van der Waals surface area (Å²) in [5.74, 6) is -0.569. The molecule has 2 saturated heterocycles. The van der Waals surface area contributed by atoms with Crippen LogP contribution in [0.25, 0.3) is 0 Å². The summed E-state index contributed by atoms with van der Waals surface area (Å²) in [5.41, 5.74) is 0. The highest BCUT2D eigenvalue weighted by Gasteiger charge is 2.50. The van der Waals surface area contributed by atoms with Gasteiger partial charge in [0.15, 0.2) is 0 Å². The van der Waals surface area contributed by atoms with E-state index in [1.165, 1.54) is 11.8 Å². The third kappa shape index (κ3) is 0.877. The summed E-state index contributed by atoms with van der Waals surface area (Å²) in [7, 11) is 0. The van der Waals surface area contributed by atoms with E-state index < -0.39 is 12.0 Å². The quantitative estimate of drug-likeness (QED) is 0.448. The van der Waals surface area contributed by atoms with E-state index in [4.69, 9.17) is 0 Å². The molecule has 2 rings (SSSR count). The minimum Gasteiger partial charge on any atom is -0.391 e. The number of nitrogens with one attached hydrogen (secondary N) is 1. The zero-order valence-electron chi connectivity index (χ0n) is 5.61. The van der Waals surface area contributed by atoms with Gasteiger partial charge in [0.25, 0.3) is 0 Å². The predicted octanol–water partition coefficient (Wildman–Crippen LogP) is -1.26. The van der Waals surface area contributed by atoms with Crippen molar-refractivity contribution in [3.8, 4) is 0 Å². The maximum Gasteiger partial charge on any atom is 0.240 e. The second-order valence-corrected chi connectivity index (χ2v) is 3.88. The van der Waals surface area contributed by atoms with Gasteiger partial charge in [0, 0.05) is 5.75 Å². The highest BCUT2D eigenvalue weighted by Crippen LogP contribution is 2.35. The fraction of sp³-hybridized carbons (Fsp3) is 0.667. The molecule has 0 unspecified atom stereocenters. The van der Waals surface area contributed by atoms with Gasteiger partial charge in [0.2, 0.25) is 11.8 Å². The second-order valence-electron chi connectivity index (χ2n) is 2.70. The molecule has 0 aromatic rings. The number of amides is 2. The van der Waals surface area contributed by atoms with Crippen LogP contribution in [0.1, 0.15) is 0 Å². The molecule has 2 amide bonds. The first-order valence-electron chi connectivity index (χ1n) is 3.34. The number of aliphatic hydroxyl groups excluding tert-OH is 1. The topological polar surface area (TPSA) is 66.4 Å². The maximum absolute atomic E-state index is 11.0. The van der Waals surface area contributed by atoms with Crippen LogP contribution in [-0.4, -0.2) is 34.0 Å². The number of thioether (sulfide) groups is 1. The Morgan fingerprint density at radius 3 is 2.82 bits per heavy atom. The van der Waals surface area contributed by atoms with Crippen LogP contribution in [0.15, 0.2) is 0 Å². The number of rotatable bonds is 0. The molecule has 0 spiro atoms. The molecule has 11 heavy (non-hydrogen) atoms. The van der Waals surface area contributed by atoms with Gasteiger partial charge in [-0.2, -0.15) is 0 Å². The molecule has 0 aliphatic carbocycles. The van der Waals surface area contributed by atoms with Crippen molar-refractivity contribution in [1.29, 1.82) is 0 Å². The number of imide groups is 1. The molecule has 5 heteroatoms. The normalized spacial score (nSPS) is 42.5. The number of hydrogen-bond acceptors (Lipinski definition) is 4. The monoisotopic (exact) mass is 173 g/mol. The molecule has 2 heterocycles. The van der Waals surface area contributed by atoms with Crippen LogP contribution in [-0.2, 0) is 9.59 Å². The summed E-state index contributed by atoms with van der Waals surface area (Å²) in [4.78, 5) is 21.9. The fourth-order valence-corrected chi connectivity index (χ4v) is 2.77. The minimum absolute atomic E-state index is 0.249. The predicted molar refractivity (Wildman–Crippen MR) is 38.9 cm³/mol. The van der Waals surface area contributed by atoms with Gasteiger partial charge in [-0.3, -0.25) is 14.9 Å². The Morgan fingerprint density at radius 2 is 2.18 bits per heavy atom. The molecule has 3 atom stereocenters. The SMILES string of the molecule is O=C1NC(=O)[C@H]2SC[C@H](O)[C@@H]12. The Morgan fingerprint density at radius 1 is 1.45 bits per heavy atom. The molecular formula is C6H7NO3S. The van der Waals surface area contributed by atoms with Gasteiger partial charge in [0.1, 0.15) is 0 Å². The third-order valence-electron chi connectivity index (χ3n) is 1.99. The van der Waals surface area contributed by atoms with Gasteiger partial charge in [-0.15, -0.1) is 11.8 Å². The minimum atomic E-state index is -0.642. The van der Waals surface area contributed by atoms with Crippen LogP contribution < -0.4 is 5.32 Å². The van der Waals surface area contributed by atoms with Crippen molar-refractivity contribution < 1.29 is 14.7 Å². The van der Waals surface area contributed by atoms with E-state index in [-0.39, 0.29) is 17.1 Å². The molecule has 2 fully saturated rings. The van der Waals surface area contributed by atoms with Crippen LogP contribution >= 0.6 is 11.8 Å². The van der Waals surface area contributed by atoms with Crippen molar-refractivity contribution in [3.05, 3.63) is 0 Å². The molecule has 2 N–H and O–H groups in total. The largest absolute Gasteiger partial charge is 0.391 e. The Bertz CT molecular complexity index is 230. The van der Waals surface area contributed by atoms with E-state index in [0.717, 1.165) is 0 Å². The van der Waals surface area contributed by atoms with E-state index >= 15 is 0 Å². The van der Waals surface area contributed by atoms with E-state index in [0.29, 0.717) is 5.75 Å². The van der Waals surface area contributed by atoms with E-state index in [1.807, 2.05) is 0 Å². The van der Waals surface area contributed by atoms with Crippen molar-refractivity contribution in [2.24, 2.45) is 5.92 Å². The molecule has 60 valence electrons. The Balaban J connectivity index is 2.28. The average Bonchev–Trinajstić information content (AvgIpc) is 2.41. The van der Waals surface area contributed by atoms with Crippen LogP contribution in [0.2, 0.25) is 0 Å². The first-order chi connectivity index (χ1) is 5.20. The lowest BCUT2D eigenvalue weighted by molar-refractivity contribution is -0.126. The Kier molecular flexibility index (Phi) is 1.43. The lowest BCUT2D eigenvalue weighted by Gasteiger charge is -2.05. The number of hydrogen-bond donors (Lipinski definition) is 2. The molecule has 2 aliphatic rings. The third-order valence-corrected chi connectivity index (χ3v) is 3.40. The zero-order chi connectivity index (χ0) is 8.01. The molecule has 0 saturated carbocycles. The van der Waals surface area contributed by atoms with Gasteiger partial charge in [-0.05, 0) is 0 Å². The van der Waals surface area contributed by atoms with Gasteiger partial charge in [-0.1, -0.05) is 0 Å². The number of carbonyl (C=O) groups is 2. The van der Waals surface area contributed by atoms with Gasteiger partial charge in [-0.25, -0.2) is 0 Å². The molecule has 0 aromatic carbocycles. The smallest absolute Gasteiger partial charge is 0.240 e. The number of carbonyl (C=O) groups excluding carboxylic acids is 2. The molecule has 0 aromatic heterocycles. The summed E-state index contributed by atoms with van der Waals surface area (Å²) < 4.78 is 0. The van der Waals surface area contributed by atoms with Crippen molar-refractivity contribution in [2.45, 2.75) is 11.4 Å². The van der Waals surface area contributed by atoms with E-state index in [2.05, 4.69) is 5.32 Å². The van der Waals surface area contributed by atoms with Crippen molar-refractivity contribution in [1.82, 2.24) is 5.32 Å². The van der Waals surface area contributed by atoms with Gasteiger partial charge >= 0.3 is 0 Å². The van der Waals surface area contributed by atoms with Crippen LogP contribution in [0.3, 0.4) is 0 Å². The van der Waals surface area contributed by atoms with Gasteiger partial charge < -0.3 is 5.11 Å². The molecule has 0 radical (unpaired) electrons. The van der Waals surface area contributed by atoms with Crippen LogP contribution in [0.4, 0.5) is 0 Å². The Labute approximate surface area is 67.3 Å². The standard InChI is InChI=1S/C6H7NO3S/c8-2-1-11-4-3(2)5(9)7-6(4)10/h2-4,8H,1H2,(H,7,9,10)/t2-,3+,4-/m0/s1. The Hall–Kier alpha value is -0.550. The molecule has 2 aliphatic heterocycles. The van der Waals surface area contributed by atoms with Crippen LogP contribution in [0, 0.1) is 5.92 Å². The maximum atomic E-state index is 11.0. The summed E-state index contributed by atoms with van der Waals surface area (Å²) in [6.07, 6.45) is -0.642. The number of fused-ring (bicyclic) bond motifs is 1. The first-order valence-corrected chi connectivity index (χ1v) is 4.39. The number of aliphatic hydroxyl groups is 1. The lowest BCUT2D eigenvalue weighted by Crippen LogP contribution is -2.29. The van der Waals surface area contributed by atoms with Crippen molar-refractivity contribution in [3.63, 3.8) is 0 Å². The molecule has 0 bridgehead atoms. The summed E-state index contributed by atoms with van der Waals surface area (Å²) in [6, 6.07) is 0. The van der Waals surface area contributed by atoms with Crippen molar-refractivity contribution >= 4 is 23.6 Å². The summed E-state index contributed by atoms with van der Waals surface area (Å²) in [6.45, 7) is 0. The molecule has 4 nitrogen and oxygen atoms in total. The lowest BCUT2D eigenvalue weighted by atomic mass is 10.0. The summed E-state index contributed by atoms with van der Waals surface area (Å²) in [5, 5.41) is 11.1. The van der Waals surface area contributed by atoms with Crippen molar-refractivity contribution in [2.75, 3.05) is 5.75 Å². The van der Waals surface area contributed by atoms with E-state index in [1.54, 1.807) is 0 Å². The average molecular weight is 173 g/mol.